The summed E-state index contributed by atoms with van der Waals surface area (Å²) in [6.45, 7) is 12.9. The second-order valence-electron chi connectivity index (χ2n) is 5.69. The predicted molar refractivity (Wildman–Crippen MR) is 99.1 cm³/mol. The van der Waals surface area contributed by atoms with Crippen LogP contribution in [0.2, 0.25) is 0 Å². The lowest BCUT2D eigenvalue weighted by atomic mass is 10.0. The van der Waals surface area contributed by atoms with Crippen LogP contribution < -0.4 is 5.32 Å². The molecule has 1 aromatic carbocycles. The van der Waals surface area contributed by atoms with Crippen molar-refractivity contribution in [2.75, 3.05) is 11.9 Å². The minimum absolute atomic E-state index is 0.514. The number of nitrogens with one attached hydrogen (secondary N) is 1. The van der Waals surface area contributed by atoms with Gasteiger partial charge in [-0.05, 0) is 44.7 Å². The first-order chi connectivity index (χ1) is 10.5. The van der Waals surface area contributed by atoms with E-state index in [1.807, 2.05) is 6.08 Å². The van der Waals surface area contributed by atoms with Gasteiger partial charge in [-0.2, -0.15) is 0 Å². The topological polar surface area (TPSA) is 36.8 Å². The molecule has 0 aliphatic carbocycles. The molecule has 0 heterocycles. The number of nitrogens with zero attached hydrogens (tertiary/aromatic N) is 2. The number of anilines is 1. The highest BCUT2D eigenvalue weighted by atomic mass is 15.0. The Labute approximate surface area is 134 Å². The van der Waals surface area contributed by atoms with Crippen molar-refractivity contribution in [3.63, 3.8) is 0 Å². The summed E-state index contributed by atoms with van der Waals surface area (Å²) in [5.74, 6) is 0.514. The summed E-state index contributed by atoms with van der Waals surface area (Å²) < 4.78 is 0. The first-order valence-corrected chi connectivity index (χ1v) is 7.65. The first-order valence-electron chi connectivity index (χ1n) is 7.65. The summed E-state index contributed by atoms with van der Waals surface area (Å²) >= 11 is 0. The van der Waals surface area contributed by atoms with Crippen LogP contribution in [0, 0.1) is 19.8 Å². The molecule has 0 saturated carbocycles. The minimum atomic E-state index is 0.514. The monoisotopic (exact) mass is 297 g/mol. The van der Waals surface area contributed by atoms with E-state index in [1.165, 1.54) is 16.7 Å². The lowest BCUT2D eigenvalue weighted by molar-refractivity contribution is 0.716. The van der Waals surface area contributed by atoms with E-state index >= 15 is 0 Å². The summed E-state index contributed by atoms with van der Waals surface area (Å²) in [4.78, 5) is 8.38. The van der Waals surface area contributed by atoms with E-state index in [-0.39, 0.29) is 0 Å². The third kappa shape index (κ3) is 7.02. The largest absolute Gasteiger partial charge is 0.346 e. The summed E-state index contributed by atoms with van der Waals surface area (Å²) in [6.07, 6.45) is 8.39. The zero-order valence-electron chi connectivity index (χ0n) is 14.1. The van der Waals surface area contributed by atoms with Gasteiger partial charge in [0, 0.05) is 5.69 Å². The molecule has 1 unspecified atom stereocenters. The van der Waals surface area contributed by atoms with Crippen molar-refractivity contribution in [1.29, 1.82) is 0 Å². The van der Waals surface area contributed by atoms with Crippen LogP contribution in [0.4, 0.5) is 5.69 Å². The summed E-state index contributed by atoms with van der Waals surface area (Å²) in [6, 6.07) is 6.28. The van der Waals surface area contributed by atoms with Crippen molar-refractivity contribution in [3.05, 3.63) is 53.6 Å². The molecule has 0 spiro atoms. The number of hydrogen-bond donors (Lipinski definition) is 1. The van der Waals surface area contributed by atoms with Crippen molar-refractivity contribution in [2.45, 2.75) is 34.1 Å². The van der Waals surface area contributed by atoms with E-state index in [9.17, 15) is 0 Å². The van der Waals surface area contributed by atoms with E-state index in [2.05, 4.69) is 73.9 Å². The number of aryl methyl sites for hydroxylation is 2. The molecule has 0 amide bonds. The molecule has 22 heavy (non-hydrogen) atoms. The summed E-state index contributed by atoms with van der Waals surface area (Å²) in [5, 5.41) is 3.16. The van der Waals surface area contributed by atoms with Gasteiger partial charge in [0.2, 0.25) is 0 Å². The van der Waals surface area contributed by atoms with Crippen LogP contribution in [0.3, 0.4) is 0 Å². The standard InChI is InChI=1S/C19H27N3/c1-6-15(2)11-17(4)9-10-20-13-21-14-22-19-8-7-16(3)12-18(19)5/h6-9,12-15H,1,10-11H2,2-5H3,(H,20,21,22). The SMILES string of the molecule is C=CC(C)CC(C)=CCN=CN=CNc1ccc(C)cc1C. The van der Waals surface area contributed by atoms with Gasteiger partial charge in [-0.1, -0.05) is 42.3 Å². The van der Waals surface area contributed by atoms with Crippen LogP contribution in [-0.2, 0) is 0 Å². The number of hydrogen-bond acceptors (Lipinski definition) is 1. The maximum absolute atomic E-state index is 4.25. The maximum atomic E-state index is 4.25. The smallest absolute Gasteiger partial charge is 0.112 e. The van der Waals surface area contributed by atoms with Crippen molar-refractivity contribution in [1.82, 2.24) is 0 Å². The number of rotatable bonds is 8. The molecule has 3 heteroatoms. The van der Waals surface area contributed by atoms with Gasteiger partial charge in [-0.25, -0.2) is 4.99 Å². The molecule has 0 radical (unpaired) electrons. The second kappa shape index (κ2) is 9.72. The van der Waals surface area contributed by atoms with Gasteiger partial charge in [0.05, 0.1) is 12.9 Å². The van der Waals surface area contributed by atoms with Gasteiger partial charge in [-0.15, -0.1) is 6.58 Å². The van der Waals surface area contributed by atoms with Crippen LogP contribution in [-0.4, -0.2) is 19.2 Å². The van der Waals surface area contributed by atoms with Crippen molar-refractivity contribution in [2.24, 2.45) is 15.9 Å². The van der Waals surface area contributed by atoms with E-state index in [1.54, 1.807) is 12.7 Å². The van der Waals surface area contributed by atoms with Crippen molar-refractivity contribution in [3.8, 4) is 0 Å². The number of aliphatic imine (C=N–C) groups is 2. The zero-order valence-corrected chi connectivity index (χ0v) is 14.1. The first kappa shape index (κ1) is 17.9. The van der Waals surface area contributed by atoms with Crippen LogP contribution >= 0.6 is 0 Å². The molecule has 1 atom stereocenters. The Kier molecular flexibility index (Phi) is 7.90. The van der Waals surface area contributed by atoms with Crippen LogP contribution in [0.1, 0.15) is 31.4 Å². The van der Waals surface area contributed by atoms with Crippen molar-refractivity contribution >= 4 is 18.4 Å². The highest BCUT2D eigenvalue weighted by Crippen LogP contribution is 2.14. The fraction of sp³-hybridized carbons (Fsp3) is 0.368. The molecule has 118 valence electrons. The summed E-state index contributed by atoms with van der Waals surface area (Å²) in [5.41, 5.74) is 4.87. The molecule has 0 aliphatic rings. The summed E-state index contributed by atoms with van der Waals surface area (Å²) in [7, 11) is 0. The molecule has 1 aromatic rings. The predicted octanol–water partition coefficient (Wildman–Crippen LogP) is 4.93. The molecule has 0 aromatic heterocycles. The Morgan fingerprint density at radius 3 is 2.82 bits per heavy atom. The third-order valence-corrected chi connectivity index (χ3v) is 3.42. The van der Waals surface area contributed by atoms with E-state index in [4.69, 9.17) is 0 Å². The molecule has 1 rings (SSSR count). The molecule has 3 nitrogen and oxygen atoms in total. The third-order valence-electron chi connectivity index (χ3n) is 3.42. The highest BCUT2D eigenvalue weighted by molar-refractivity contribution is 5.82. The van der Waals surface area contributed by atoms with Gasteiger partial charge in [0.25, 0.3) is 0 Å². The molecule has 0 fully saturated rings. The normalized spacial score (nSPS) is 13.7. The van der Waals surface area contributed by atoms with Gasteiger partial charge in [0.15, 0.2) is 0 Å². The second-order valence-corrected chi connectivity index (χ2v) is 5.69. The average Bonchev–Trinajstić information content (AvgIpc) is 2.48. The fourth-order valence-electron chi connectivity index (χ4n) is 2.09. The van der Waals surface area contributed by atoms with Gasteiger partial charge in [-0.3, -0.25) is 4.99 Å². The van der Waals surface area contributed by atoms with E-state index in [0.717, 1.165) is 12.1 Å². The highest BCUT2D eigenvalue weighted by Gasteiger charge is 1.96. The average molecular weight is 297 g/mol. The molecular formula is C19H27N3. The zero-order chi connectivity index (χ0) is 16.4. The minimum Gasteiger partial charge on any atom is -0.346 e. The van der Waals surface area contributed by atoms with Gasteiger partial charge >= 0.3 is 0 Å². The van der Waals surface area contributed by atoms with Crippen LogP contribution in [0.15, 0.2) is 52.5 Å². The Morgan fingerprint density at radius 1 is 1.36 bits per heavy atom. The quantitative estimate of drug-likeness (QED) is 0.412. The Morgan fingerprint density at radius 2 is 2.14 bits per heavy atom. The molecular weight excluding hydrogens is 270 g/mol. The molecule has 0 saturated heterocycles. The molecule has 1 N–H and O–H groups in total. The Hall–Kier alpha value is -2.16. The van der Waals surface area contributed by atoms with Crippen molar-refractivity contribution < 1.29 is 0 Å². The van der Waals surface area contributed by atoms with Gasteiger partial charge in [0.1, 0.15) is 6.34 Å². The van der Waals surface area contributed by atoms with Crippen LogP contribution in [0.25, 0.3) is 0 Å². The lowest BCUT2D eigenvalue weighted by Crippen LogP contribution is -1.97. The van der Waals surface area contributed by atoms with E-state index in [0.29, 0.717) is 12.5 Å². The Bertz CT molecular complexity index is 568. The van der Waals surface area contributed by atoms with Crippen LogP contribution in [0.5, 0.6) is 0 Å². The van der Waals surface area contributed by atoms with Gasteiger partial charge < -0.3 is 5.32 Å². The number of allylic oxidation sites excluding steroid dienone is 2. The van der Waals surface area contributed by atoms with E-state index < -0.39 is 0 Å². The fourth-order valence-corrected chi connectivity index (χ4v) is 2.09. The molecule has 0 bridgehead atoms. The Balaban J connectivity index is 2.36. The number of benzene rings is 1. The molecule has 0 aliphatic heterocycles. The lowest BCUT2D eigenvalue weighted by Gasteiger charge is -2.05. The maximum Gasteiger partial charge on any atom is 0.112 e.